The van der Waals surface area contributed by atoms with Gasteiger partial charge in [-0.05, 0) is 13.8 Å². The molecule has 0 radical (unpaired) electrons. The van der Waals surface area contributed by atoms with Gasteiger partial charge in [-0.3, -0.25) is 24.0 Å². The Hall–Kier alpha value is -5.26. The number of hydrogen-bond acceptors (Lipinski definition) is 59. The van der Waals surface area contributed by atoms with Crippen LogP contribution in [-0.2, 0) is 133 Å². The molecule has 64 heteroatoms. The molecule has 11 fully saturated rings. The SMILES string of the molecule is CC(=O)N[C@H]1[C@H](O[C@H]2[C@@H](O)[C@@H](CO)O[C@@H](O[C@H]3[C@H](O[C@@H]4O[C@@H](C)[C@@H](O)[C@@H](O)[C@@H]4O)[C@@H](NC(C)=O)[C@H](O[C@H]4[C@@H](O)[C@@H](CO)O[C@@H](O[C@H]5[C@H](O)[C@@H](O)[C@H](OC[C@@H](CO)NC=O)O[C@@H]5CO)[C@@H]4O)O[C@@H]3CO)[C@@H]2O)O[C@H](CO)[C@@H](O[C@@H]2O[C@H](CO)[C@H](O)[C@H](O[C@@H]3O[C@H](CO)[C@@H](O[C@@H]4O[C@H](CO)[C@H](O)[C@H](O[C@]5(C(=O)[O-])C[C@H](O)[C@@H](NC(C)=O)[C@H]([C@H](O)[C@H](O)CO)O5)[C@H]4O)[C@H](O[C@@H]4O[C@@H](C)[C@@H](O)[C@@H](O)[C@@H]4O)[C@H]3NC(C)=O)[C@H]2O)[C@@H]1O. The van der Waals surface area contributed by atoms with Gasteiger partial charge in [0, 0.05) is 34.1 Å². The van der Waals surface area contributed by atoms with Crippen LogP contribution in [0.4, 0.5) is 0 Å². The zero-order valence-corrected chi connectivity index (χ0v) is 78.1. The lowest BCUT2D eigenvalue weighted by Crippen LogP contribution is -2.73. The van der Waals surface area contributed by atoms with E-state index in [1.165, 1.54) is 13.8 Å². The van der Waals surface area contributed by atoms with Crippen LogP contribution in [0.5, 0.6) is 0 Å². The van der Waals surface area contributed by atoms with Crippen molar-refractivity contribution >= 4 is 36.0 Å². The minimum atomic E-state index is -3.48. The number of hydrogen-bond donors (Lipinski definition) is 35. The molecular weight excluding hydrogens is 1990 g/mol. The maximum Gasteiger partial charge on any atom is 0.217 e. The van der Waals surface area contributed by atoms with Gasteiger partial charge in [0.2, 0.25) is 35.8 Å². The number of carbonyl (C=O) groups excluding carboxylic acids is 6. The van der Waals surface area contributed by atoms with Crippen LogP contribution < -0.4 is 31.7 Å². The Kier molecular flexibility index (Phi) is 43.5. The highest BCUT2D eigenvalue weighted by molar-refractivity contribution is 5.76. The number of nitrogens with one attached hydrogen (secondary N) is 5. The number of rotatable bonds is 42. The fourth-order valence-electron chi connectivity index (χ4n) is 18.7. The quantitative estimate of drug-likeness (QED) is 0.0252. The fraction of sp³-hybridized carbons (Fsp3) is 0.926. The summed E-state index contributed by atoms with van der Waals surface area (Å²) in [4.78, 5) is 77.3. The maximum absolute atomic E-state index is 13.6. The van der Waals surface area contributed by atoms with Crippen LogP contribution >= 0.6 is 0 Å². The van der Waals surface area contributed by atoms with Crippen molar-refractivity contribution in [2.45, 2.75) is 397 Å². The normalized spacial score (nSPS) is 47.5. The first-order valence-electron chi connectivity index (χ1n) is 46.2. The van der Waals surface area contributed by atoms with Crippen LogP contribution in [-0.4, -0.2) is 611 Å². The number of aliphatic carboxylic acids is 1. The van der Waals surface area contributed by atoms with E-state index in [0.29, 0.717) is 0 Å². The fourth-order valence-corrected chi connectivity index (χ4v) is 18.7. The van der Waals surface area contributed by atoms with Gasteiger partial charge in [0.25, 0.3) is 0 Å². The lowest BCUT2D eigenvalue weighted by atomic mass is 9.88. The van der Waals surface area contributed by atoms with Gasteiger partial charge >= 0.3 is 0 Å². The Labute approximate surface area is 821 Å². The van der Waals surface area contributed by atoms with Gasteiger partial charge in [-0.2, -0.15) is 0 Å². The molecule has 11 saturated heterocycles. The van der Waals surface area contributed by atoms with Gasteiger partial charge in [-0.25, -0.2) is 0 Å². The van der Waals surface area contributed by atoms with Crippen LogP contribution in [0.15, 0.2) is 0 Å². The van der Waals surface area contributed by atoms with Crippen molar-refractivity contribution < 1.29 is 291 Å². The van der Waals surface area contributed by atoms with Gasteiger partial charge in [0.05, 0.1) is 103 Å². The summed E-state index contributed by atoms with van der Waals surface area (Å²) < 4.78 is 132. The third kappa shape index (κ3) is 26.7. The maximum atomic E-state index is 13.6. The molecule has 64 nitrogen and oxygen atoms in total. The first-order chi connectivity index (χ1) is 68.6. The predicted molar refractivity (Wildman–Crippen MR) is 444 cm³/mol. The Balaban J connectivity index is 0.856. The zero-order chi connectivity index (χ0) is 107. The number of carboxylic acids is 1. The summed E-state index contributed by atoms with van der Waals surface area (Å²) in [6, 6.07) is -9.23. The highest BCUT2D eigenvalue weighted by atomic mass is 16.8. The van der Waals surface area contributed by atoms with Gasteiger partial charge in [-0.15, -0.1) is 0 Å². The summed E-state index contributed by atoms with van der Waals surface area (Å²) in [6.45, 7) is -6.47. The molecule has 0 aromatic heterocycles. The monoisotopic (exact) mass is 2120 g/mol. The lowest BCUT2D eigenvalue weighted by molar-refractivity contribution is -0.414. The van der Waals surface area contributed by atoms with Gasteiger partial charge in [0.1, 0.15) is 256 Å². The minimum Gasteiger partial charge on any atom is -0.544 e. The smallest absolute Gasteiger partial charge is 0.217 e. The van der Waals surface area contributed by atoms with E-state index in [0.717, 1.165) is 27.7 Å². The van der Waals surface area contributed by atoms with E-state index in [1.807, 2.05) is 0 Å². The lowest BCUT2D eigenvalue weighted by Gasteiger charge is -2.53. The minimum absolute atomic E-state index is 0.232. The summed E-state index contributed by atoms with van der Waals surface area (Å²) in [5.74, 6) is -10.0. The molecule has 57 atom stereocenters. The third-order valence-corrected chi connectivity index (χ3v) is 26.4. The van der Waals surface area contributed by atoms with Crippen molar-refractivity contribution in [1.29, 1.82) is 0 Å². The molecule has 11 aliphatic heterocycles. The molecular formula is C81H134N5O59-. The Morgan fingerprint density at radius 1 is 0.331 bits per heavy atom. The van der Waals surface area contributed by atoms with Crippen LogP contribution in [0, 0.1) is 0 Å². The van der Waals surface area contributed by atoms with Crippen molar-refractivity contribution in [3.8, 4) is 0 Å². The molecule has 838 valence electrons. The van der Waals surface area contributed by atoms with Crippen molar-refractivity contribution in [1.82, 2.24) is 26.6 Å². The molecule has 0 aromatic carbocycles. The van der Waals surface area contributed by atoms with Crippen molar-refractivity contribution in [2.75, 3.05) is 72.7 Å². The molecule has 0 bridgehead atoms. The summed E-state index contributed by atoms with van der Waals surface area (Å²) in [7, 11) is 0. The number of carbonyl (C=O) groups is 6. The summed E-state index contributed by atoms with van der Waals surface area (Å²) in [5, 5.41) is 364. The second-order valence-corrected chi connectivity index (χ2v) is 36.6. The average molecular weight is 2120 g/mol. The van der Waals surface area contributed by atoms with E-state index in [2.05, 4.69) is 26.6 Å². The van der Waals surface area contributed by atoms with Crippen molar-refractivity contribution in [3.63, 3.8) is 0 Å². The molecule has 11 rings (SSSR count). The topological polar surface area (TPSA) is 996 Å². The average Bonchev–Trinajstić information content (AvgIpc) is 0.752. The molecule has 5 amide bonds. The summed E-state index contributed by atoms with van der Waals surface area (Å²) >= 11 is 0. The highest BCUT2D eigenvalue weighted by Crippen LogP contribution is 2.45. The number of ether oxygens (including phenoxy) is 22. The van der Waals surface area contributed by atoms with Crippen LogP contribution in [0.2, 0.25) is 0 Å². The Morgan fingerprint density at radius 3 is 0.979 bits per heavy atom. The van der Waals surface area contributed by atoms with E-state index in [9.17, 15) is 187 Å². The number of carboxylic acid groups (broad SMARTS) is 1. The molecule has 0 saturated carbocycles. The van der Waals surface area contributed by atoms with E-state index in [-0.39, 0.29) is 6.41 Å². The number of aliphatic hydroxyl groups is 30. The second-order valence-electron chi connectivity index (χ2n) is 36.6. The van der Waals surface area contributed by atoms with E-state index in [4.69, 9.17) is 104 Å². The van der Waals surface area contributed by atoms with Crippen LogP contribution in [0.3, 0.4) is 0 Å². The predicted octanol–water partition coefficient (Wildman–Crippen LogP) is -25.3. The first kappa shape index (κ1) is 120. The summed E-state index contributed by atoms with van der Waals surface area (Å²) in [6.07, 6.45) is -113. The van der Waals surface area contributed by atoms with Crippen molar-refractivity contribution in [3.05, 3.63) is 0 Å². The largest absolute Gasteiger partial charge is 0.544 e. The molecule has 0 unspecified atom stereocenters. The molecule has 35 N–H and O–H groups in total. The van der Waals surface area contributed by atoms with Gasteiger partial charge < -0.3 is 294 Å². The summed E-state index contributed by atoms with van der Waals surface area (Å²) in [5.41, 5.74) is 0. The standard InChI is InChI=1S/C81H135N5O59/c1-20-41(104)49(112)52(115)74(125-20)139-64-39(85-24(5)100)71(143-68-46(109)30(11-90)128-77(56(68)119)136-60-34(15-94)134-73(54(117)51(60)114)124-18-26(8-87)82-19-97)132-35(16-95)61(64)137-78-57(120)66(44(107)31(12-91)129-78)141-70-38(84-23(4)99)48(111)59(33(14-93)131-70)135-76-55(118)67(45(108)29(10-89)127-76)142-72-40(86-25(6)101)65(140-75-53(116)50(113)42(105)21(2)126-75)62(36(17-96)133-72)138-79-58(121)69(47(110)32(13-92)130-79)145-81(80(122)123)7-27(102)37(83-22(3)98)63(144-81)43(106)28(103)9-88/h19-21,26-79,87-96,102-121H,7-18H2,1-6H3,(H,82,97)(H,83,98)(H,84,99)(H,85,100)(H,86,101)(H,122,123)/p-1/t20-,21-,26+,27-,28+,29+,30+,31+,32+,33+,34+,35+,36+,37+,38+,39+,40+,41+,42+,43+,44-,45-,46-,47-,48+,49+,50+,51+,52-,53-,54+,55+,56+,57+,58+,59+,60+,61+,62+,63+,64+,65+,66-,67-,68-,69-,70-,71-,72-,73+,74-,75-,76-,77-,78-,79-,81-/m0/s1. The van der Waals surface area contributed by atoms with E-state index >= 15 is 0 Å². The molecule has 11 aliphatic rings. The second kappa shape index (κ2) is 52.6. The zero-order valence-electron chi connectivity index (χ0n) is 78.1. The molecule has 0 aliphatic carbocycles. The third-order valence-electron chi connectivity index (χ3n) is 26.4. The first-order valence-corrected chi connectivity index (χ1v) is 46.2. The molecule has 145 heavy (non-hydrogen) atoms. The number of aliphatic hydroxyl groups excluding tert-OH is 30. The molecule has 0 aromatic rings. The number of amides is 5. The Morgan fingerprint density at radius 2 is 0.628 bits per heavy atom. The van der Waals surface area contributed by atoms with Crippen LogP contribution in [0.25, 0.3) is 0 Å². The highest BCUT2D eigenvalue weighted by Gasteiger charge is 2.65. The van der Waals surface area contributed by atoms with E-state index in [1.54, 1.807) is 0 Å². The molecule has 11 heterocycles. The molecule has 0 spiro atoms. The van der Waals surface area contributed by atoms with Gasteiger partial charge in [-0.1, -0.05) is 0 Å². The van der Waals surface area contributed by atoms with Crippen LogP contribution in [0.1, 0.15) is 48.0 Å². The van der Waals surface area contributed by atoms with E-state index < -0.39 is 458 Å². The Bertz CT molecular complexity index is 4050. The van der Waals surface area contributed by atoms with Crippen molar-refractivity contribution in [2.24, 2.45) is 0 Å². The van der Waals surface area contributed by atoms with Gasteiger partial charge in [0.15, 0.2) is 62.9 Å².